The van der Waals surface area contributed by atoms with Crippen LogP contribution in [0.4, 0.5) is 0 Å². The number of carbonyl (C=O) groups excluding carboxylic acids is 1. The molecule has 0 aliphatic heterocycles. The maximum Gasteiger partial charge on any atom is 0.220 e. The number of rotatable bonds is 52. The lowest BCUT2D eigenvalue weighted by atomic mass is 10.0. The van der Waals surface area contributed by atoms with Crippen molar-refractivity contribution in [3.05, 3.63) is 85.1 Å². The normalized spacial score (nSPS) is 13.5. The standard InChI is InChI=1S/C62H111NO3/c1-3-5-7-9-11-13-15-17-19-20-21-22-23-24-25-26-27-28-29-30-31-32-33-34-35-36-37-38-39-40-41-42-44-46-48-50-52-54-56-58-62(66)63-60(59-64)61(65)57-55-53-51-49-47-45-43-18-16-14-12-10-8-6-4-2/h5,7,11,13,16-19,21-22,47,49,55,57,60-61,64-65H,3-4,6,8-10,12,14-15,20,23-46,48,50-54,56,58-59H2,1-2H3,(H,63,66)/b7-5-,13-11-,18-16+,19-17-,22-21-,49-47+,57-55+. The molecule has 0 saturated carbocycles. The summed E-state index contributed by atoms with van der Waals surface area (Å²) < 4.78 is 0. The molecule has 2 atom stereocenters. The van der Waals surface area contributed by atoms with Gasteiger partial charge in [0.1, 0.15) is 0 Å². The second kappa shape index (κ2) is 56.9. The second-order valence-electron chi connectivity index (χ2n) is 19.3. The van der Waals surface area contributed by atoms with Crippen LogP contribution < -0.4 is 5.32 Å². The van der Waals surface area contributed by atoms with E-state index in [0.29, 0.717) is 6.42 Å². The van der Waals surface area contributed by atoms with E-state index in [-0.39, 0.29) is 12.5 Å². The second-order valence-corrected chi connectivity index (χ2v) is 19.3. The maximum atomic E-state index is 12.4. The zero-order valence-corrected chi connectivity index (χ0v) is 43.9. The Kier molecular flexibility index (Phi) is 54.8. The minimum atomic E-state index is -0.871. The number of unbranched alkanes of at least 4 members (excludes halogenated alkanes) is 33. The van der Waals surface area contributed by atoms with E-state index in [4.69, 9.17) is 0 Å². The molecule has 0 aliphatic carbocycles. The number of amides is 1. The van der Waals surface area contributed by atoms with Crippen LogP contribution in [-0.4, -0.2) is 34.9 Å². The summed E-state index contributed by atoms with van der Waals surface area (Å²) >= 11 is 0. The van der Waals surface area contributed by atoms with Crippen molar-refractivity contribution >= 4 is 5.91 Å². The first-order valence-electron chi connectivity index (χ1n) is 28.8. The van der Waals surface area contributed by atoms with Crippen LogP contribution in [0.1, 0.15) is 284 Å². The predicted molar refractivity (Wildman–Crippen MR) is 294 cm³/mol. The first kappa shape index (κ1) is 63.6. The first-order chi connectivity index (χ1) is 32.7. The number of hydrogen-bond acceptors (Lipinski definition) is 3. The number of allylic oxidation sites excluding steroid dienone is 13. The smallest absolute Gasteiger partial charge is 0.220 e. The van der Waals surface area contributed by atoms with E-state index in [9.17, 15) is 15.0 Å². The molecule has 382 valence electrons. The van der Waals surface area contributed by atoms with Crippen LogP contribution in [0, 0.1) is 0 Å². The molecule has 0 saturated heterocycles. The highest BCUT2D eigenvalue weighted by Crippen LogP contribution is 2.17. The zero-order valence-electron chi connectivity index (χ0n) is 43.9. The van der Waals surface area contributed by atoms with Gasteiger partial charge >= 0.3 is 0 Å². The summed E-state index contributed by atoms with van der Waals surface area (Å²) in [7, 11) is 0. The fourth-order valence-electron chi connectivity index (χ4n) is 8.50. The Morgan fingerprint density at radius 3 is 1.06 bits per heavy atom. The van der Waals surface area contributed by atoms with E-state index in [0.717, 1.165) is 64.2 Å². The molecule has 0 fully saturated rings. The fraction of sp³-hybridized carbons (Fsp3) is 0.758. The number of hydrogen-bond donors (Lipinski definition) is 3. The lowest BCUT2D eigenvalue weighted by Crippen LogP contribution is -2.45. The van der Waals surface area contributed by atoms with Gasteiger partial charge in [-0.25, -0.2) is 0 Å². The average Bonchev–Trinajstić information content (AvgIpc) is 3.32. The molecule has 0 radical (unpaired) electrons. The van der Waals surface area contributed by atoms with Crippen molar-refractivity contribution in [1.29, 1.82) is 0 Å². The molecular weight excluding hydrogens is 807 g/mol. The molecule has 0 spiro atoms. The average molecular weight is 919 g/mol. The predicted octanol–water partition coefficient (Wildman–Crippen LogP) is 19.1. The minimum absolute atomic E-state index is 0.0760. The van der Waals surface area contributed by atoms with Crippen LogP contribution in [0.5, 0.6) is 0 Å². The van der Waals surface area contributed by atoms with Gasteiger partial charge in [-0.05, 0) is 83.5 Å². The molecule has 0 heterocycles. The van der Waals surface area contributed by atoms with E-state index in [1.807, 2.05) is 6.08 Å². The van der Waals surface area contributed by atoms with Crippen molar-refractivity contribution in [3.63, 3.8) is 0 Å². The zero-order chi connectivity index (χ0) is 47.7. The van der Waals surface area contributed by atoms with E-state index in [2.05, 4.69) is 92.1 Å². The van der Waals surface area contributed by atoms with Crippen LogP contribution >= 0.6 is 0 Å². The quantitative estimate of drug-likeness (QED) is 0.0421. The summed E-state index contributed by atoms with van der Waals surface area (Å²) in [6, 6.07) is -0.646. The number of carbonyl (C=O) groups is 1. The molecule has 0 aromatic rings. The lowest BCUT2D eigenvalue weighted by molar-refractivity contribution is -0.123. The molecule has 2 unspecified atom stereocenters. The SMILES string of the molecule is CC/C=C\C/C=C\C/C=C\C/C=C\CCCCCCCCCCCCCCCCCCCCCCCCCCCCC(=O)NC(CO)C(O)/C=C/CC/C=C/CC/C=C/CCCCCCC. The van der Waals surface area contributed by atoms with Crippen LogP contribution in [-0.2, 0) is 4.79 Å². The lowest BCUT2D eigenvalue weighted by Gasteiger charge is -2.19. The van der Waals surface area contributed by atoms with Gasteiger partial charge in [-0.15, -0.1) is 0 Å². The third-order valence-corrected chi connectivity index (χ3v) is 12.8. The Hall–Kier alpha value is -2.43. The van der Waals surface area contributed by atoms with Gasteiger partial charge in [-0.1, -0.05) is 279 Å². The van der Waals surface area contributed by atoms with Crippen LogP contribution in [0.2, 0.25) is 0 Å². The largest absolute Gasteiger partial charge is 0.394 e. The molecule has 66 heavy (non-hydrogen) atoms. The maximum absolute atomic E-state index is 12.4. The van der Waals surface area contributed by atoms with Gasteiger partial charge < -0.3 is 15.5 Å². The summed E-state index contributed by atoms with van der Waals surface area (Å²) in [6.45, 7) is 4.17. The summed E-state index contributed by atoms with van der Waals surface area (Å²) in [5.41, 5.74) is 0. The Morgan fingerprint density at radius 2 is 0.682 bits per heavy atom. The molecule has 4 heteroatoms. The highest BCUT2D eigenvalue weighted by molar-refractivity contribution is 5.76. The molecule has 3 N–H and O–H groups in total. The monoisotopic (exact) mass is 918 g/mol. The third kappa shape index (κ3) is 52.5. The van der Waals surface area contributed by atoms with Gasteiger partial charge in [0.05, 0.1) is 18.8 Å². The topological polar surface area (TPSA) is 69.6 Å². The number of nitrogens with one attached hydrogen (secondary N) is 1. The minimum Gasteiger partial charge on any atom is -0.394 e. The molecule has 0 aromatic carbocycles. The van der Waals surface area contributed by atoms with Crippen LogP contribution in [0.25, 0.3) is 0 Å². The van der Waals surface area contributed by atoms with E-state index < -0.39 is 12.1 Å². The Balaban J connectivity index is 3.44. The van der Waals surface area contributed by atoms with Gasteiger partial charge in [-0.3, -0.25) is 4.79 Å². The van der Waals surface area contributed by atoms with Gasteiger partial charge in [-0.2, -0.15) is 0 Å². The van der Waals surface area contributed by atoms with Gasteiger partial charge in [0.15, 0.2) is 0 Å². The summed E-state index contributed by atoms with van der Waals surface area (Å²) in [5.74, 6) is -0.0760. The van der Waals surface area contributed by atoms with Gasteiger partial charge in [0.2, 0.25) is 5.91 Å². The number of aliphatic hydroxyl groups is 2. The van der Waals surface area contributed by atoms with E-state index in [1.54, 1.807) is 6.08 Å². The van der Waals surface area contributed by atoms with Crippen molar-refractivity contribution in [2.24, 2.45) is 0 Å². The molecule has 0 aliphatic rings. The fourth-order valence-corrected chi connectivity index (χ4v) is 8.50. The summed E-state index contributed by atoms with van der Waals surface area (Å²) in [4.78, 5) is 12.4. The Labute approximate surface area is 411 Å². The van der Waals surface area contributed by atoms with Crippen molar-refractivity contribution in [2.45, 2.75) is 296 Å². The molecule has 4 nitrogen and oxygen atoms in total. The highest BCUT2D eigenvalue weighted by Gasteiger charge is 2.18. The summed E-state index contributed by atoms with van der Waals surface area (Å²) in [6.07, 6.45) is 83.4. The molecule has 1 amide bonds. The van der Waals surface area contributed by atoms with Crippen molar-refractivity contribution in [1.82, 2.24) is 5.32 Å². The van der Waals surface area contributed by atoms with Crippen molar-refractivity contribution < 1.29 is 15.0 Å². The molecule has 0 aromatic heterocycles. The molecular formula is C62H111NO3. The Morgan fingerprint density at radius 1 is 0.379 bits per heavy atom. The van der Waals surface area contributed by atoms with Crippen molar-refractivity contribution in [3.8, 4) is 0 Å². The highest BCUT2D eigenvalue weighted by atomic mass is 16.3. The first-order valence-corrected chi connectivity index (χ1v) is 28.8. The number of aliphatic hydroxyl groups excluding tert-OH is 2. The van der Waals surface area contributed by atoms with Gasteiger partial charge in [0, 0.05) is 6.42 Å². The van der Waals surface area contributed by atoms with Crippen LogP contribution in [0.15, 0.2) is 85.1 Å². The Bertz CT molecular complexity index is 1180. The van der Waals surface area contributed by atoms with E-state index >= 15 is 0 Å². The molecule has 0 bridgehead atoms. The van der Waals surface area contributed by atoms with Gasteiger partial charge in [0.25, 0.3) is 0 Å². The van der Waals surface area contributed by atoms with Crippen LogP contribution in [0.3, 0.4) is 0 Å². The molecule has 0 rings (SSSR count). The third-order valence-electron chi connectivity index (χ3n) is 12.8. The van der Waals surface area contributed by atoms with Crippen molar-refractivity contribution in [2.75, 3.05) is 6.61 Å². The van der Waals surface area contributed by atoms with E-state index in [1.165, 1.54) is 199 Å². The summed E-state index contributed by atoms with van der Waals surface area (Å²) in [5, 5.41) is 23.1.